The molecule has 1 fully saturated rings. The summed E-state index contributed by atoms with van der Waals surface area (Å²) in [5, 5.41) is 0. The van der Waals surface area contributed by atoms with Gasteiger partial charge in [0, 0.05) is 5.54 Å². The van der Waals surface area contributed by atoms with Crippen molar-refractivity contribution in [2.24, 2.45) is 5.73 Å². The lowest BCUT2D eigenvalue weighted by Crippen LogP contribution is -2.48. The first-order chi connectivity index (χ1) is 6.72. The van der Waals surface area contributed by atoms with Crippen LogP contribution in [0, 0.1) is 0 Å². The maximum atomic E-state index is 6.21. The molecule has 0 aromatic heterocycles. The van der Waals surface area contributed by atoms with Crippen LogP contribution in [0.3, 0.4) is 0 Å². The van der Waals surface area contributed by atoms with Gasteiger partial charge in [0.2, 0.25) is 0 Å². The lowest BCUT2D eigenvalue weighted by Gasteiger charge is -2.38. The van der Waals surface area contributed by atoms with Gasteiger partial charge in [-0.15, -0.1) is 0 Å². The molecule has 0 bridgehead atoms. The lowest BCUT2D eigenvalue weighted by atomic mass is 9.74. The van der Waals surface area contributed by atoms with Crippen molar-refractivity contribution >= 4 is 0 Å². The molecule has 1 heteroatoms. The highest BCUT2D eigenvalue weighted by Crippen LogP contribution is 2.32. The van der Waals surface area contributed by atoms with Crippen LogP contribution < -0.4 is 5.73 Å². The second-order valence-corrected chi connectivity index (χ2v) is 4.56. The van der Waals surface area contributed by atoms with E-state index in [-0.39, 0.29) is 5.54 Å². The van der Waals surface area contributed by atoms with Gasteiger partial charge in [0.1, 0.15) is 0 Å². The molecular formula is C13H19N. The summed E-state index contributed by atoms with van der Waals surface area (Å²) in [5.41, 5.74) is 9.13. The number of benzene rings is 1. The molecule has 1 aromatic carbocycles. The highest BCUT2D eigenvalue weighted by atomic mass is 14.8. The van der Waals surface area contributed by atoms with E-state index in [0.29, 0.717) is 0 Å². The fourth-order valence-corrected chi connectivity index (χ4v) is 2.11. The Bertz CT molecular complexity index is 296. The third-order valence-corrected chi connectivity index (χ3v) is 3.34. The molecule has 1 aromatic rings. The normalized spacial score (nSPS) is 19.0. The summed E-state index contributed by atoms with van der Waals surface area (Å²) < 4.78 is 0. The standard InChI is InChI=1S/C13H19N/c1-2-11-4-6-12(7-5-11)10-13(14)8-3-9-13/h4-7H,2-3,8-10,14H2,1H3. The molecule has 1 aliphatic carbocycles. The molecule has 1 nitrogen and oxygen atoms in total. The first-order valence-electron chi connectivity index (χ1n) is 5.58. The molecule has 1 saturated carbocycles. The van der Waals surface area contributed by atoms with E-state index in [2.05, 4.69) is 31.2 Å². The zero-order valence-corrected chi connectivity index (χ0v) is 8.92. The summed E-state index contributed by atoms with van der Waals surface area (Å²) in [6.45, 7) is 2.19. The van der Waals surface area contributed by atoms with Crippen molar-refractivity contribution in [3.05, 3.63) is 35.4 Å². The Morgan fingerprint density at radius 1 is 1.14 bits per heavy atom. The third-order valence-electron chi connectivity index (χ3n) is 3.34. The van der Waals surface area contributed by atoms with Gasteiger partial charge in [0.15, 0.2) is 0 Å². The van der Waals surface area contributed by atoms with Gasteiger partial charge in [-0.2, -0.15) is 0 Å². The largest absolute Gasteiger partial charge is 0.325 e. The van der Waals surface area contributed by atoms with Crippen molar-refractivity contribution < 1.29 is 0 Å². The Labute approximate surface area is 86.3 Å². The maximum Gasteiger partial charge on any atom is 0.0195 e. The zero-order valence-electron chi connectivity index (χ0n) is 8.92. The summed E-state index contributed by atoms with van der Waals surface area (Å²) >= 11 is 0. The molecule has 76 valence electrons. The smallest absolute Gasteiger partial charge is 0.0195 e. The van der Waals surface area contributed by atoms with E-state index in [0.717, 1.165) is 12.8 Å². The van der Waals surface area contributed by atoms with Crippen LogP contribution in [0.5, 0.6) is 0 Å². The molecule has 0 saturated heterocycles. The van der Waals surface area contributed by atoms with E-state index in [1.165, 1.54) is 30.4 Å². The molecule has 0 heterocycles. The van der Waals surface area contributed by atoms with Crippen molar-refractivity contribution in [2.45, 2.75) is 44.6 Å². The zero-order chi connectivity index (χ0) is 10.0. The van der Waals surface area contributed by atoms with Gasteiger partial charge >= 0.3 is 0 Å². The molecule has 0 spiro atoms. The molecule has 2 rings (SSSR count). The van der Waals surface area contributed by atoms with Crippen molar-refractivity contribution in [2.75, 3.05) is 0 Å². The topological polar surface area (TPSA) is 26.0 Å². The van der Waals surface area contributed by atoms with Crippen LogP contribution in [0.25, 0.3) is 0 Å². The molecule has 14 heavy (non-hydrogen) atoms. The minimum Gasteiger partial charge on any atom is -0.325 e. The Hall–Kier alpha value is -0.820. The molecule has 0 atom stereocenters. The number of hydrogen-bond donors (Lipinski definition) is 1. The summed E-state index contributed by atoms with van der Waals surface area (Å²) in [4.78, 5) is 0. The van der Waals surface area contributed by atoms with Crippen LogP contribution in [0.1, 0.15) is 37.3 Å². The first-order valence-corrected chi connectivity index (χ1v) is 5.58. The van der Waals surface area contributed by atoms with E-state index in [9.17, 15) is 0 Å². The molecule has 2 N–H and O–H groups in total. The van der Waals surface area contributed by atoms with E-state index in [1.54, 1.807) is 0 Å². The van der Waals surface area contributed by atoms with Gasteiger partial charge in [-0.1, -0.05) is 31.2 Å². The van der Waals surface area contributed by atoms with Gasteiger partial charge in [0.05, 0.1) is 0 Å². The fraction of sp³-hybridized carbons (Fsp3) is 0.538. The summed E-state index contributed by atoms with van der Waals surface area (Å²) in [6.07, 6.45) is 5.87. The number of hydrogen-bond acceptors (Lipinski definition) is 1. The molecule has 0 unspecified atom stereocenters. The lowest BCUT2D eigenvalue weighted by molar-refractivity contribution is 0.247. The SMILES string of the molecule is CCc1ccc(CC2(N)CCC2)cc1. The quantitative estimate of drug-likeness (QED) is 0.777. The van der Waals surface area contributed by atoms with Gasteiger partial charge in [-0.3, -0.25) is 0 Å². The minimum atomic E-state index is 0.119. The monoisotopic (exact) mass is 189 g/mol. The Morgan fingerprint density at radius 2 is 1.71 bits per heavy atom. The average Bonchev–Trinajstić information content (AvgIpc) is 2.17. The van der Waals surface area contributed by atoms with Crippen molar-refractivity contribution in [3.63, 3.8) is 0 Å². The Balaban J connectivity index is 2.02. The third kappa shape index (κ3) is 1.98. The average molecular weight is 189 g/mol. The summed E-state index contributed by atoms with van der Waals surface area (Å²) in [7, 11) is 0. The van der Waals surface area contributed by atoms with Gasteiger partial charge < -0.3 is 5.73 Å². The second kappa shape index (κ2) is 3.74. The van der Waals surface area contributed by atoms with Crippen LogP contribution in [0.15, 0.2) is 24.3 Å². The van der Waals surface area contributed by atoms with Crippen molar-refractivity contribution in [3.8, 4) is 0 Å². The van der Waals surface area contributed by atoms with Gasteiger partial charge in [-0.25, -0.2) is 0 Å². The number of rotatable bonds is 3. The van der Waals surface area contributed by atoms with Crippen LogP contribution in [0.4, 0.5) is 0 Å². The maximum absolute atomic E-state index is 6.21. The summed E-state index contributed by atoms with van der Waals surface area (Å²) in [5.74, 6) is 0. The van der Waals surface area contributed by atoms with E-state index in [4.69, 9.17) is 5.73 Å². The highest BCUT2D eigenvalue weighted by Gasteiger charge is 2.32. The fourth-order valence-electron chi connectivity index (χ4n) is 2.11. The predicted octanol–water partition coefficient (Wildman–Crippen LogP) is 2.67. The van der Waals surface area contributed by atoms with Crippen molar-refractivity contribution in [1.29, 1.82) is 0 Å². The van der Waals surface area contributed by atoms with Gasteiger partial charge in [-0.05, 0) is 43.2 Å². The molecule has 0 aliphatic heterocycles. The number of nitrogens with two attached hydrogens (primary N) is 1. The Kier molecular flexibility index (Phi) is 2.60. The summed E-state index contributed by atoms with van der Waals surface area (Å²) in [6, 6.07) is 8.90. The van der Waals surface area contributed by atoms with E-state index >= 15 is 0 Å². The first kappa shape index (κ1) is 9.72. The number of aryl methyl sites for hydroxylation is 1. The van der Waals surface area contributed by atoms with Crippen molar-refractivity contribution in [1.82, 2.24) is 0 Å². The molecule has 1 aliphatic rings. The second-order valence-electron chi connectivity index (χ2n) is 4.56. The predicted molar refractivity (Wildman–Crippen MR) is 60.3 cm³/mol. The van der Waals surface area contributed by atoms with E-state index < -0.39 is 0 Å². The Morgan fingerprint density at radius 3 is 2.14 bits per heavy atom. The molecular weight excluding hydrogens is 170 g/mol. The molecule has 0 radical (unpaired) electrons. The highest BCUT2D eigenvalue weighted by molar-refractivity contribution is 5.24. The minimum absolute atomic E-state index is 0.119. The van der Waals surface area contributed by atoms with Gasteiger partial charge in [0.25, 0.3) is 0 Å². The van der Waals surface area contributed by atoms with Crippen LogP contribution in [-0.4, -0.2) is 5.54 Å². The van der Waals surface area contributed by atoms with Crippen LogP contribution >= 0.6 is 0 Å². The van der Waals surface area contributed by atoms with Crippen LogP contribution in [-0.2, 0) is 12.8 Å². The van der Waals surface area contributed by atoms with E-state index in [1.807, 2.05) is 0 Å². The molecule has 0 amide bonds. The van der Waals surface area contributed by atoms with Crippen LogP contribution in [0.2, 0.25) is 0 Å².